The van der Waals surface area contributed by atoms with Gasteiger partial charge in [-0.1, -0.05) is 13.8 Å². The molecule has 0 aromatic heterocycles. The normalized spacial score (nSPS) is 11.5. The highest BCUT2D eigenvalue weighted by Crippen LogP contribution is 2.14. The topological polar surface area (TPSA) is 112 Å². The maximum atomic E-state index is 11.7. The molecule has 0 aliphatic heterocycles. The Morgan fingerprint density at radius 3 is 1.74 bits per heavy atom. The first kappa shape index (κ1) is 27.2. The van der Waals surface area contributed by atoms with Crippen LogP contribution in [0.5, 0.6) is 0 Å². The first-order valence-electron chi connectivity index (χ1n) is 11.0. The number of carbonyl (C=O) groups is 1. The van der Waals surface area contributed by atoms with E-state index >= 15 is 0 Å². The van der Waals surface area contributed by atoms with E-state index in [1.165, 1.54) is 0 Å². The number of hydrogen-bond acceptors (Lipinski definition) is 9. The van der Waals surface area contributed by atoms with Crippen molar-refractivity contribution in [3.8, 4) is 0 Å². The van der Waals surface area contributed by atoms with Crippen LogP contribution in [0.2, 0.25) is 0 Å². The monoisotopic (exact) mass is 442 g/mol. The fourth-order valence-electron chi connectivity index (χ4n) is 2.63. The minimum absolute atomic E-state index is 0.0109. The van der Waals surface area contributed by atoms with Gasteiger partial charge in [-0.25, -0.2) is 0 Å². The van der Waals surface area contributed by atoms with Crippen molar-refractivity contribution in [2.45, 2.75) is 46.6 Å². The molecule has 1 aromatic carbocycles. The van der Waals surface area contributed by atoms with Crippen LogP contribution in [-0.2, 0) is 23.7 Å². The molecule has 0 aliphatic rings. The maximum absolute atomic E-state index is 11.7. The molecule has 9 heteroatoms. The van der Waals surface area contributed by atoms with Gasteiger partial charge in [0.2, 0.25) is 0 Å². The van der Waals surface area contributed by atoms with E-state index in [9.17, 15) is 14.4 Å². The Balaban J connectivity index is 2.04. The van der Waals surface area contributed by atoms with Crippen LogP contribution in [-0.4, -0.2) is 71.2 Å². The fraction of sp³-hybridized carbons (Fsp3) is 0.773. The van der Waals surface area contributed by atoms with Gasteiger partial charge in [-0.15, -0.1) is 0 Å². The lowest BCUT2D eigenvalue weighted by atomic mass is 10.0. The summed E-state index contributed by atoms with van der Waals surface area (Å²) >= 11 is 0. The van der Waals surface area contributed by atoms with E-state index in [4.69, 9.17) is 18.9 Å². The lowest BCUT2D eigenvalue weighted by molar-refractivity contribution is -0.121. The van der Waals surface area contributed by atoms with Gasteiger partial charge in [0.1, 0.15) is 17.2 Å². The quantitative estimate of drug-likeness (QED) is 0.230. The van der Waals surface area contributed by atoms with Crippen molar-refractivity contribution in [1.29, 1.82) is 0 Å². The Labute approximate surface area is 184 Å². The van der Waals surface area contributed by atoms with E-state index < -0.39 is 10.9 Å². The van der Waals surface area contributed by atoms with Crippen molar-refractivity contribution in [1.82, 2.24) is 0 Å². The zero-order valence-corrected chi connectivity index (χ0v) is 19.3. The van der Waals surface area contributed by atoms with Crippen LogP contribution < -0.4 is 21.5 Å². The lowest BCUT2D eigenvalue weighted by Crippen LogP contribution is -2.38. The molecule has 1 rings (SSSR count). The SMILES string of the molecule is CC(C)OCCOCCOCCOCCNc1c(NCCCC(=O)C(C)C)c(=O)c1=O. The molecular weight excluding hydrogens is 404 g/mol. The van der Waals surface area contributed by atoms with Crippen molar-refractivity contribution in [2.24, 2.45) is 5.92 Å². The van der Waals surface area contributed by atoms with Crippen molar-refractivity contribution in [3.63, 3.8) is 0 Å². The van der Waals surface area contributed by atoms with Gasteiger partial charge in [0, 0.05) is 25.4 Å². The van der Waals surface area contributed by atoms with E-state index in [1.54, 1.807) is 0 Å². The van der Waals surface area contributed by atoms with E-state index in [0.717, 1.165) is 0 Å². The number of carbonyl (C=O) groups excluding carboxylic acids is 1. The molecular formula is C22H38N2O7. The third-order valence-corrected chi connectivity index (χ3v) is 4.43. The lowest BCUT2D eigenvalue weighted by Gasteiger charge is -2.15. The van der Waals surface area contributed by atoms with E-state index in [-0.39, 0.29) is 17.8 Å². The van der Waals surface area contributed by atoms with Crippen molar-refractivity contribution in [2.75, 3.05) is 70.0 Å². The smallest absolute Gasteiger partial charge is 0.253 e. The predicted octanol–water partition coefficient (Wildman–Crippen LogP) is 1.59. The second kappa shape index (κ2) is 15.9. The zero-order chi connectivity index (χ0) is 23.1. The number of Topliss-reactive ketones (excluding diaryl/α,β-unsaturated/α-hetero) is 1. The van der Waals surface area contributed by atoms with Crippen molar-refractivity contribution >= 4 is 17.2 Å². The van der Waals surface area contributed by atoms with E-state index in [1.807, 2.05) is 27.7 Å². The predicted molar refractivity (Wildman–Crippen MR) is 121 cm³/mol. The highest BCUT2D eigenvalue weighted by atomic mass is 16.6. The third kappa shape index (κ3) is 11.4. The summed E-state index contributed by atoms with van der Waals surface area (Å²) in [5.41, 5.74) is -0.462. The molecule has 178 valence electrons. The molecule has 0 bridgehead atoms. The summed E-state index contributed by atoms with van der Waals surface area (Å²) in [4.78, 5) is 35.0. The van der Waals surface area contributed by atoms with Crippen LogP contribution in [0.4, 0.5) is 11.4 Å². The summed E-state index contributed by atoms with van der Waals surface area (Å²) in [6, 6.07) is 0. The van der Waals surface area contributed by atoms with Crippen molar-refractivity contribution < 1.29 is 23.7 Å². The maximum Gasteiger partial charge on any atom is 0.253 e. The summed E-state index contributed by atoms with van der Waals surface area (Å²) in [6.45, 7) is 12.0. The van der Waals surface area contributed by atoms with Gasteiger partial charge in [0.05, 0.1) is 52.4 Å². The minimum Gasteiger partial charge on any atom is -0.380 e. The van der Waals surface area contributed by atoms with Crippen LogP contribution in [0, 0.1) is 5.92 Å². The Hall–Kier alpha value is -1.81. The van der Waals surface area contributed by atoms with Gasteiger partial charge in [-0.3, -0.25) is 14.4 Å². The summed E-state index contributed by atoms with van der Waals surface area (Å²) < 4.78 is 21.6. The molecule has 0 unspecified atom stereocenters. The summed E-state index contributed by atoms with van der Waals surface area (Å²) in [5, 5.41) is 5.89. The molecule has 0 aliphatic carbocycles. The molecule has 9 nitrogen and oxygen atoms in total. The second-order valence-electron chi connectivity index (χ2n) is 7.74. The van der Waals surface area contributed by atoms with Crippen LogP contribution in [0.3, 0.4) is 0 Å². The molecule has 0 heterocycles. The molecule has 1 aromatic rings. The molecule has 0 fully saturated rings. The standard InChI is InChI=1S/C22H38N2O7/c1-16(2)18(25)6-5-7-23-19-20(22(27)21(19)26)24-8-9-28-10-11-29-12-13-30-14-15-31-17(3)4/h16-17,23-24H,5-15H2,1-4H3. The molecule has 31 heavy (non-hydrogen) atoms. The van der Waals surface area contributed by atoms with Crippen molar-refractivity contribution in [3.05, 3.63) is 20.4 Å². The van der Waals surface area contributed by atoms with Crippen LogP contribution in [0.1, 0.15) is 40.5 Å². The number of ether oxygens (including phenoxy) is 4. The average Bonchev–Trinajstić information content (AvgIpc) is 2.73. The van der Waals surface area contributed by atoms with Gasteiger partial charge >= 0.3 is 0 Å². The first-order valence-corrected chi connectivity index (χ1v) is 11.0. The van der Waals surface area contributed by atoms with Crippen LogP contribution in [0.25, 0.3) is 0 Å². The van der Waals surface area contributed by atoms with Gasteiger partial charge in [0.15, 0.2) is 0 Å². The molecule has 0 radical (unpaired) electrons. The number of ketones is 1. The Morgan fingerprint density at radius 2 is 1.23 bits per heavy atom. The van der Waals surface area contributed by atoms with Gasteiger partial charge in [0.25, 0.3) is 10.9 Å². The Kier molecular flexibility index (Phi) is 14.0. The van der Waals surface area contributed by atoms with E-state index in [2.05, 4.69) is 10.6 Å². The number of anilines is 2. The number of nitrogens with one attached hydrogen (secondary N) is 2. The Bertz CT molecular complexity index is 696. The molecule has 0 spiro atoms. The highest BCUT2D eigenvalue weighted by Gasteiger charge is 2.20. The van der Waals surface area contributed by atoms with Gasteiger partial charge in [-0.05, 0) is 20.3 Å². The summed E-state index contributed by atoms with van der Waals surface area (Å²) in [5.74, 6) is 0.201. The molecule has 2 N–H and O–H groups in total. The van der Waals surface area contributed by atoms with E-state index in [0.29, 0.717) is 83.6 Å². The second-order valence-corrected chi connectivity index (χ2v) is 7.74. The molecule has 0 atom stereocenters. The fourth-order valence-corrected chi connectivity index (χ4v) is 2.63. The first-order chi connectivity index (χ1) is 14.8. The average molecular weight is 443 g/mol. The van der Waals surface area contributed by atoms with Gasteiger partial charge < -0.3 is 29.6 Å². The number of rotatable bonds is 20. The number of hydrogen-bond donors (Lipinski definition) is 2. The zero-order valence-electron chi connectivity index (χ0n) is 19.3. The Morgan fingerprint density at radius 1 is 0.742 bits per heavy atom. The van der Waals surface area contributed by atoms with Crippen LogP contribution in [0.15, 0.2) is 9.59 Å². The molecule has 0 saturated carbocycles. The summed E-state index contributed by atoms with van der Waals surface area (Å²) in [6.07, 6.45) is 1.28. The highest BCUT2D eigenvalue weighted by molar-refractivity contribution is 5.80. The largest absolute Gasteiger partial charge is 0.380 e. The minimum atomic E-state index is -0.525. The van der Waals surface area contributed by atoms with Gasteiger partial charge in [-0.2, -0.15) is 0 Å². The molecule has 0 saturated heterocycles. The molecule has 0 amide bonds. The third-order valence-electron chi connectivity index (χ3n) is 4.43. The van der Waals surface area contributed by atoms with Crippen LogP contribution >= 0.6 is 0 Å². The summed E-state index contributed by atoms with van der Waals surface area (Å²) in [7, 11) is 0.